The predicted molar refractivity (Wildman–Crippen MR) is 194 cm³/mol. The minimum absolute atomic E-state index is 0.0346. The lowest BCUT2D eigenvalue weighted by Crippen LogP contribution is -2.62. The fourth-order valence-corrected chi connectivity index (χ4v) is 7.82. The third-order valence-electron chi connectivity index (χ3n) is 10.4. The van der Waals surface area contributed by atoms with Crippen LogP contribution in [0.2, 0.25) is 0 Å². The molecule has 2 aromatic carbocycles. The molecular formula is C40H53F5N4O6. The molecule has 1 unspecified atom stereocenters. The molecule has 2 fully saturated rings. The highest BCUT2D eigenvalue weighted by Crippen LogP contribution is 2.39. The summed E-state index contributed by atoms with van der Waals surface area (Å²) in [6, 6.07) is 6.05. The Bertz CT molecular complexity index is 1680. The lowest BCUT2D eigenvalue weighted by atomic mass is 9.72. The number of hydrogen-bond acceptors (Lipinski definition) is 7. The van der Waals surface area contributed by atoms with Crippen molar-refractivity contribution in [2.75, 3.05) is 19.7 Å². The number of carbonyl (C=O) groups excluding carboxylic acids is 4. The van der Waals surface area contributed by atoms with Crippen LogP contribution in [0, 0.1) is 46.3 Å². The first-order valence-electron chi connectivity index (χ1n) is 18.7. The smallest absolute Gasteiger partial charge is 0.258 e. The molecule has 304 valence electrons. The van der Waals surface area contributed by atoms with Gasteiger partial charge < -0.3 is 30.6 Å². The Kier molecular flexibility index (Phi) is 14.5. The highest BCUT2D eigenvalue weighted by atomic mass is 19.2. The van der Waals surface area contributed by atoms with Gasteiger partial charge in [-0.2, -0.15) is 8.78 Å². The largest absolute Gasteiger partial charge is 0.477 e. The van der Waals surface area contributed by atoms with Gasteiger partial charge in [-0.3, -0.25) is 19.3 Å². The number of β-amino-alcohol motifs (C(OH)–C–C–N with tert-alkyl or cyclic N) is 1. The number of nitrogens with one attached hydrogen (secondary N) is 3. The van der Waals surface area contributed by atoms with Crippen LogP contribution in [-0.4, -0.2) is 83.0 Å². The number of Topliss-reactive ketones (excluding diaryl/α,β-unsaturated/α-hetero) is 1. The fourth-order valence-electron chi connectivity index (χ4n) is 7.82. The van der Waals surface area contributed by atoms with Gasteiger partial charge in [-0.15, -0.1) is 0 Å². The Morgan fingerprint density at radius 2 is 1.45 bits per heavy atom. The Hall–Kier alpha value is -4.11. The Balaban J connectivity index is 1.59. The molecule has 1 aliphatic heterocycles. The van der Waals surface area contributed by atoms with Gasteiger partial charge in [0.2, 0.25) is 40.9 Å². The summed E-state index contributed by atoms with van der Waals surface area (Å²) in [5.74, 6) is -14.9. The third kappa shape index (κ3) is 11.5. The fraction of sp³-hybridized carbons (Fsp3) is 0.600. The van der Waals surface area contributed by atoms with Crippen LogP contribution in [0.3, 0.4) is 0 Å². The van der Waals surface area contributed by atoms with E-state index < -0.39 is 88.4 Å². The summed E-state index contributed by atoms with van der Waals surface area (Å²) in [5.41, 5.74) is -1.00. The number of fused-ring (bicyclic) bond motifs is 1. The maximum absolute atomic E-state index is 14.2. The van der Waals surface area contributed by atoms with Crippen LogP contribution in [0.4, 0.5) is 22.0 Å². The average Bonchev–Trinajstić information content (AvgIpc) is 3.10. The van der Waals surface area contributed by atoms with E-state index in [0.717, 1.165) is 31.2 Å². The highest BCUT2D eigenvalue weighted by molar-refractivity contribution is 5.90. The molecule has 0 aromatic heterocycles. The van der Waals surface area contributed by atoms with Gasteiger partial charge in [-0.1, -0.05) is 63.4 Å². The SMILES string of the molecule is CC(=O)CC(C)(C)[C@H](NC(=O)COc1c(F)c(F)c(F)c(F)c1F)C(=O)N[C@@H](Cc1ccccc1)[C@H](O)CN1CC2CCCC[C@H]2C[C@H]1C(=O)NC(C)(C)C. The van der Waals surface area contributed by atoms with Gasteiger partial charge in [0.1, 0.15) is 11.8 Å². The number of likely N-dealkylation sites (tertiary alicyclic amines) is 1. The van der Waals surface area contributed by atoms with Crippen LogP contribution >= 0.6 is 0 Å². The second-order valence-corrected chi connectivity index (χ2v) is 16.7. The lowest BCUT2D eigenvalue weighted by Gasteiger charge is -2.47. The first-order valence-corrected chi connectivity index (χ1v) is 18.7. The molecule has 2 aromatic rings. The number of rotatable bonds is 15. The minimum atomic E-state index is -2.40. The number of carbonyl (C=O) groups is 4. The molecule has 0 bridgehead atoms. The van der Waals surface area contributed by atoms with Crippen molar-refractivity contribution in [2.24, 2.45) is 17.3 Å². The summed E-state index contributed by atoms with van der Waals surface area (Å²) in [7, 11) is 0. The number of nitrogens with zero attached hydrogens (tertiary/aromatic N) is 1. The van der Waals surface area contributed by atoms with Crippen LogP contribution in [-0.2, 0) is 25.6 Å². The number of hydrogen-bond donors (Lipinski definition) is 4. The first-order chi connectivity index (χ1) is 25.7. The minimum Gasteiger partial charge on any atom is -0.477 e. The number of halogens is 5. The Morgan fingerprint density at radius 3 is 2.04 bits per heavy atom. The molecule has 1 heterocycles. The Morgan fingerprint density at radius 1 is 0.873 bits per heavy atom. The lowest BCUT2D eigenvalue weighted by molar-refractivity contribution is -0.136. The molecule has 6 atom stereocenters. The maximum Gasteiger partial charge on any atom is 0.258 e. The average molecular weight is 781 g/mol. The van der Waals surface area contributed by atoms with Crippen molar-refractivity contribution in [3.8, 4) is 5.75 Å². The summed E-state index contributed by atoms with van der Waals surface area (Å²) in [5, 5.41) is 20.3. The van der Waals surface area contributed by atoms with Crippen molar-refractivity contribution in [1.29, 1.82) is 0 Å². The van der Waals surface area contributed by atoms with Crippen LogP contribution in [0.25, 0.3) is 0 Å². The number of amides is 3. The molecule has 15 heteroatoms. The van der Waals surface area contributed by atoms with Crippen molar-refractivity contribution in [3.05, 3.63) is 65.0 Å². The monoisotopic (exact) mass is 780 g/mol. The first kappa shape index (κ1) is 43.6. The number of benzene rings is 2. The van der Waals surface area contributed by atoms with E-state index in [9.17, 15) is 46.2 Å². The van der Waals surface area contributed by atoms with E-state index >= 15 is 0 Å². The molecular weight excluding hydrogens is 727 g/mol. The standard InChI is InChI=1S/C40H53F5N4O6/c1-22(50)18-40(5,6)36(47-29(52)21-55-35-33(44)31(42)30(41)32(43)34(35)45)38(54)46-26(16-23-12-8-7-9-13-23)28(51)20-49-19-25-15-11-10-14-24(25)17-27(49)37(53)48-39(2,3)4/h7-9,12-13,24-28,36,51H,10-11,14-21H2,1-6H3,(H,46,54)(H,47,52)(H,48,53)/t24-,25?,26-,27-,28+,36+/m0/s1. The number of aliphatic hydroxyl groups is 1. The molecule has 10 nitrogen and oxygen atoms in total. The van der Waals surface area contributed by atoms with Crippen LogP contribution in [0.5, 0.6) is 5.75 Å². The summed E-state index contributed by atoms with van der Waals surface area (Å²) >= 11 is 0. The molecule has 1 aliphatic carbocycles. The number of aliphatic hydroxyl groups excluding tert-OH is 1. The normalized spacial score (nSPS) is 20.8. The zero-order valence-corrected chi connectivity index (χ0v) is 32.2. The van der Waals surface area contributed by atoms with Crippen molar-refractivity contribution >= 4 is 23.5 Å². The van der Waals surface area contributed by atoms with Crippen molar-refractivity contribution in [2.45, 2.75) is 116 Å². The molecule has 0 radical (unpaired) electrons. The second-order valence-electron chi connectivity index (χ2n) is 16.7. The van der Waals surface area contributed by atoms with Gasteiger partial charge in [0.25, 0.3) is 5.91 Å². The molecule has 1 saturated carbocycles. The highest BCUT2D eigenvalue weighted by Gasteiger charge is 2.43. The van der Waals surface area contributed by atoms with Gasteiger partial charge in [0, 0.05) is 30.5 Å². The van der Waals surface area contributed by atoms with Gasteiger partial charge in [-0.25, -0.2) is 13.2 Å². The topological polar surface area (TPSA) is 137 Å². The van der Waals surface area contributed by atoms with E-state index in [1.807, 2.05) is 43.9 Å². The van der Waals surface area contributed by atoms with Crippen LogP contribution in [0.1, 0.15) is 85.6 Å². The zero-order chi connectivity index (χ0) is 40.8. The molecule has 4 N–H and O–H groups in total. The second kappa shape index (κ2) is 18.2. The van der Waals surface area contributed by atoms with Gasteiger partial charge in [0.15, 0.2) is 12.4 Å². The predicted octanol–water partition coefficient (Wildman–Crippen LogP) is 5.13. The van der Waals surface area contributed by atoms with Crippen molar-refractivity contribution < 1.29 is 51.0 Å². The van der Waals surface area contributed by atoms with E-state index in [2.05, 4.69) is 16.0 Å². The van der Waals surface area contributed by atoms with E-state index in [0.29, 0.717) is 24.8 Å². The molecule has 2 aliphatic rings. The molecule has 0 spiro atoms. The summed E-state index contributed by atoms with van der Waals surface area (Å²) < 4.78 is 74.2. The van der Waals surface area contributed by atoms with Gasteiger partial charge in [0.05, 0.1) is 18.2 Å². The Labute approximate surface area is 318 Å². The van der Waals surface area contributed by atoms with Gasteiger partial charge >= 0.3 is 0 Å². The van der Waals surface area contributed by atoms with Crippen molar-refractivity contribution in [3.63, 3.8) is 0 Å². The van der Waals surface area contributed by atoms with Crippen molar-refractivity contribution in [1.82, 2.24) is 20.9 Å². The molecule has 55 heavy (non-hydrogen) atoms. The summed E-state index contributed by atoms with van der Waals surface area (Å²) in [6.07, 6.45) is 3.57. The number of ketones is 1. The van der Waals surface area contributed by atoms with Gasteiger partial charge in [-0.05, 0) is 64.4 Å². The third-order valence-corrected chi connectivity index (χ3v) is 10.4. The molecule has 4 rings (SSSR count). The van der Waals surface area contributed by atoms with Crippen LogP contribution in [0.15, 0.2) is 30.3 Å². The summed E-state index contributed by atoms with van der Waals surface area (Å²) in [6.45, 7) is 9.41. The molecule has 3 amide bonds. The zero-order valence-electron chi connectivity index (χ0n) is 32.2. The number of ether oxygens (including phenoxy) is 1. The van der Waals surface area contributed by atoms with Crippen LogP contribution < -0.4 is 20.7 Å². The summed E-state index contributed by atoms with van der Waals surface area (Å²) in [4.78, 5) is 55.2. The molecule has 1 saturated heterocycles. The van der Waals surface area contributed by atoms with E-state index in [-0.39, 0.29) is 31.1 Å². The van der Waals surface area contributed by atoms with E-state index in [1.165, 1.54) is 20.8 Å². The maximum atomic E-state index is 14.2. The van der Waals surface area contributed by atoms with E-state index in [4.69, 9.17) is 4.74 Å². The quantitative estimate of drug-likeness (QED) is 0.112. The number of piperidine rings is 1. The van der Waals surface area contributed by atoms with E-state index in [1.54, 1.807) is 12.1 Å².